The molecule has 0 bridgehead atoms. The Morgan fingerprint density at radius 3 is 2.73 bits per heavy atom. The fourth-order valence-corrected chi connectivity index (χ4v) is 4.31. The van der Waals surface area contributed by atoms with Gasteiger partial charge in [-0.05, 0) is 42.1 Å². The SMILES string of the molecule is CCN1C(=O)/C(=C/c2ccc(OC(=O)c3cccs3)c(OC)c2)SC1=S. The van der Waals surface area contributed by atoms with E-state index in [1.165, 1.54) is 30.2 Å². The number of nitrogens with zero attached hydrogens (tertiary/aromatic N) is 1. The summed E-state index contributed by atoms with van der Waals surface area (Å²) in [4.78, 5) is 27.0. The highest BCUT2D eigenvalue weighted by Gasteiger charge is 2.30. The molecule has 1 aromatic heterocycles. The Hall–Kier alpha value is -2.16. The van der Waals surface area contributed by atoms with Gasteiger partial charge < -0.3 is 9.47 Å². The number of likely N-dealkylation sites (N-methyl/N-ethyl adjacent to an activating group) is 1. The van der Waals surface area contributed by atoms with E-state index in [0.717, 1.165) is 5.56 Å². The molecule has 26 heavy (non-hydrogen) atoms. The average molecular weight is 406 g/mol. The minimum absolute atomic E-state index is 0.102. The molecule has 1 aromatic carbocycles. The number of benzene rings is 1. The molecule has 0 atom stereocenters. The van der Waals surface area contributed by atoms with Gasteiger partial charge in [0.2, 0.25) is 0 Å². The van der Waals surface area contributed by atoms with Crippen molar-refractivity contribution in [1.29, 1.82) is 0 Å². The summed E-state index contributed by atoms with van der Waals surface area (Å²) in [6.45, 7) is 2.43. The minimum atomic E-state index is -0.435. The maximum Gasteiger partial charge on any atom is 0.353 e. The summed E-state index contributed by atoms with van der Waals surface area (Å²) in [6, 6.07) is 8.61. The first-order chi connectivity index (χ1) is 12.5. The van der Waals surface area contributed by atoms with E-state index in [9.17, 15) is 9.59 Å². The maximum absolute atomic E-state index is 12.3. The van der Waals surface area contributed by atoms with Crippen molar-refractivity contribution in [2.75, 3.05) is 13.7 Å². The number of carbonyl (C=O) groups excluding carboxylic acids is 2. The normalized spacial score (nSPS) is 15.6. The van der Waals surface area contributed by atoms with Gasteiger partial charge in [0, 0.05) is 6.54 Å². The van der Waals surface area contributed by atoms with Crippen molar-refractivity contribution in [2.24, 2.45) is 0 Å². The Bertz CT molecular complexity index is 890. The van der Waals surface area contributed by atoms with E-state index in [0.29, 0.717) is 32.1 Å². The molecule has 1 saturated heterocycles. The first-order valence-corrected chi connectivity index (χ1v) is 9.83. The van der Waals surface area contributed by atoms with Crippen molar-refractivity contribution in [3.8, 4) is 11.5 Å². The van der Waals surface area contributed by atoms with Crippen LogP contribution in [0.5, 0.6) is 11.5 Å². The van der Waals surface area contributed by atoms with E-state index < -0.39 is 5.97 Å². The van der Waals surface area contributed by atoms with Crippen molar-refractivity contribution in [2.45, 2.75) is 6.92 Å². The standard InChI is InChI=1S/C18H15NO4S3/c1-3-19-16(20)15(26-18(19)24)10-11-6-7-12(13(9-11)22-2)23-17(21)14-5-4-8-25-14/h4-10H,3H2,1-2H3/b15-10-. The number of rotatable bonds is 5. The monoisotopic (exact) mass is 405 g/mol. The Morgan fingerprint density at radius 2 is 2.12 bits per heavy atom. The summed E-state index contributed by atoms with van der Waals surface area (Å²) in [5.74, 6) is 0.198. The number of methoxy groups -OCH3 is 1. The second-order valence-corrected chi connectivity index (χ2v) is 7.83. The second-order valence-electron chi connectivity index (χ2n) is 5.20. The smallest absolute Gasteiger partial charge is 0.353 e. The second kappa shape index (κ2) is 8.03. The van der Waals surface area contributed by atoms with Crippen LogP contribution in [0.2, 0.25) is 0 Å². The van der Waals surface area contributed by atoms with Gasteiger partial charge in [-0.1, -0.05) is 36.1 Å². The van der Waals surface area contributed by atoms with E-state index in [-0.39, 0.29) is 5.91 Å². The van der Waals surface area contributed by atoms with Crippen LogP contribution in [0.15, 0.2) is 40.6 Å². The lowest BCUT2D eigenvalue weighted by Gasteiger charge is -2.10. The lowest BCUT2D eigenvalue weighted by molar-refractivity contribution is -0.121. The van der Waals surface area contributed by atoms with E-state index in [1.54, 1.807) is 41.3 Å². The topological polar surface area (TPSA) is 55.8 Å². The van der Waals surface area contributed by atoms with Crippen LogP contribution >= 0.6 is 35.3 Å². The molecule has 1 fully saturated rings. The molecule has 1 aliphatic rings. The van der Waals surface area contributed by atoms with Crippen LogP contribution in [-0.4, -0.2) is 34.8 Å². The number of thioether (sulfide) groups is 1. The lowest BCUT2D eigenvalue weighted by atomic mass is 10.2. The minimum Gasteiger partial charge on any atom is -0.493 e. The Morgan fingerprint density at radius 1 is 1.31 bits per heavy atom. The average Bonchev–Trinajstić information content (AvgIpc) is 3.25. The third-order valence-corrected chi connectivity index (χ3v) is 5.83. The maximum atomic E-state index is 12.3. The number of carbonyl (C=O) groups is 2. The molecule has 0 spiro atoms. The highest BCUT2D eigenvalue weighted by molar-refractivity contribution is 8.26. The highest BCUT2D eigenvalue weighted by atomic mass is 32.2. The van der Waals surface area contributed by atoms with Gasteiger partial charge in [0.05, 0.1) is 12.0 Å². The van der Waals surface area contributed by atoms with Crippen molar-refractivity contribution in [3.05, 3.63) is 51.1 Å². The third-order valence-electron chi connectivity index (χ3n) is 3.60. The number of thiophene rings is 1. The molecule has 0 aliphatic carbocycles. The Kier molecular flexibility index (Phi) is 5.75. The zero-order chi connectivity index (χ0) is 18.7. The van der Waals surface area contributed by atoms with Crippen LogP contribution in [0.4, 0.5) is 0 Å². The summed E-state index contributed by atoms with van der Waals surface area (Å²) in [7, 11) is 1.50. The summed E-state index contributed by atoms with van der Waals surface area (Å²) in [6.07, 6.45) is 1.75. The number of hydrogen-bond acceptors (Lipinski definition) is 7. The third kappa shape index (κ3) is 3.82. The first kappa shape index (κ1) is 18.6. The molecule has 134 valence electrons. The molecule has 0 N–H and O–H groups in total. The van der Waals surface area contributed by atoms with Gasteiger partial charge in [-0.25, -0.2) is 4.79 Å². The molecule has 2 heterocycles. The van der Waals surface area contributed by atoms with Crippen LogP contribution in [0.1, 0.15) is 22.2 Å². The predicted molar refractivity (Wildman–Crippen MR) is 108 cm³/mol. The van der Waals surface area contributed by atoms with Gasteiger partial charge in [-0.3, -0.25) is 9.69 Å². The fourth-order valence-electron chi connectivity index (χ4n) is 2.33. The first-order valence-electron chi connectivity index (χ1n) is 7.72. The van der Waals surface area contributed by atoms with Crippen LogP contribution in [-0.2, 0) is 4.79 Å². The molecular weight excluding hydrogens is 390 g/mol. The predicted octanol–water partition coefficient (Wildman–Crippen LogP) is 4.20. The zero-order valence-electron chi connectivity index (χ0n) is 14.1. The van der Waals surface area contributed by atoms with E-state index in [2.05, 4.69) is 0 Å². The fraction of sp³-hybridized carbons (Fsp3) is 0.167. The molecule has 1 aliphatic heterocycles. The van der Waals surface area contributed by atoms with Gasteiger partial charge in [-0.2, -0.15) is 0 Å². The van der Waals surface area contributed by atoms with E-state index >= 15 is 0 Å². The highest BCUT2D eigenvalue weighted by Crippen LogP contribution is 2.34. The Balaban J connectivity index is 1.83. The zero-order valence-corrected chi connectivity index (χ0v) is 16.5. The molecule has 0 unspecified atom stereocenters. The van der Waals surface area contributed by atoms with Crippen molar-refractivity contribution in [3.63, 3.8) is 0 Å². The molecule has 5 nitrogen and oxygen atoms in total. The van der Waals surface area contributed by atoms with E-state index in [4.69, 9.17) is 21.7 Å². The number of amides is 1. The number of hydrogen-bond donors (Lipinski definition) is 0. The summed E-state index contributed by atoms with van der Waals surface area (Å²) in [5.41, 5.74) is 0.759. The van der Waals surface area contributed by atoms with Gasteiger partial charge in [0.25, 0.3) is 5.91 Å². The van der Waals surface area contributed by atoms with Crippen molar-refractivity contribution >= 4 is 57.6 Å². The quantitative estimate of drug-likeness (QED) is 0.322. The molecule has 2 aromatic rings. The van der Waals surface area contributed by atoms with Crippen LogP contribution in [0.25, 0.3) is 6.08 Å². The molecule has 1 amide bonds. The van der Waals surface area contributed by atoms with Crippen molar-refractivity contribution < 1.29 is 19.1 Å². The van der Waals surface area contributed by atoms with Crippen LogP contribution in [0, 0.1) is 0 Å². The van der Waals surface area contributed by atoms with E-state index in [1.807, 2.05) is 12.3 Å². The van der Waals surface area contributed by atoms with Gasteiger partial charge in [-0.15, -0.1) is 11.3 Å². The number of esters is 1. The summed E-state index contributed by atoms with van der Waals surface area (Å²) in [5, 5.41) is 1.81. The molecular formula is C18H15NO4S3. The van der Waals surface area contributed by atoms with Crippen LogP contribution in [0.3, 0.4) is 0 Å². The summed E-state index contributed by atoms with van der Waals surface area (Å²) < 4.78 is 11.3. The molecule has 3 rings (SSSR count). The lowest BCUT2D eigenvalue weighted by Crippen LogP contribution is -2.27. The van der Waals surface area contributed by atoms with Gasteiger partial charge in [0.1, 0.15) is 9.20 Å². The summed E-state index contributed by atoms with van der Waals surface area (Å²) >= 11 is 7.79. The van der Waals surface area contributed by atoms with Crippen molar-refractivity contribution in [1.82, 2.24) is 4.90 Å². The molecule has 0 saturated carbocycles. The molecule has 8 heteroatoms. The van der Waals surface area contributed by atoms with Gasteiger partial charge >= 0.3 is 5.97 Å². The number of ether oxygens (including phenoxy) is 2. The van der Waals surface area contributed by atoms with Gasteiger partial charge in [0.15, 0.2) is 11.5 Å². The largest absolute Gasteiger partial charge is 0.493 e. The molecule has 0 radical (unpaired) electrons. The van der Waals surface area contributed by atoms with Crippen LogP contribution < -0.4 is 9.47 Å². The Labute approximate surface area is 164 Å². The number of thiocarbonyl (C=S) groups is 1.